The second-order valence-electron chi connectivity index (χ2n) is 3.68. The smallest absolute Gasteiger partial charge is 0.222 e. The van der Waals surface area contributed by atoms with Crippen molar-refractivity contribution in [2.24, 2.45) is 11.7 Å². The van der Waals surface area contributed by atoms with E-state index in [-0.39, 0.29) is 17.7 Å². The fourth-order valence-electron chi connectivity index (χ4n) is 2.03. The maximum atomic E-state index is 11.2. The van der Waals surface area contributed by atoms with Gasteiger partial charge in [-0.3, -0.25) is 4.79 Å². The van der Waals surface area contributed by atoms with Gasteiger partial charge in [-0.05, 0) is 5.56 Å². The van der Waals surface area contributed by atoms with Crippen molar-refractivity contribution in [1.82, 2.24) is 5.32 Å². The molecule has 0 saturated carbocycles. The second kappa shape index (κ2) is 3.80. The second-order valence-corrected chi connectivity index (χ2v) is 3.68. The Labute approximate surface area is 83.3 Å². The third kappa shape index (κ3) is 1.63. The van der Waals surface area contributed by atoms with E-state index in [9.17, 15) is 4.79 Å². The number of carbonyl (C=O) groups excluding carboxylic acids is 1. The van der Waals surface area contributed by atoms with Crippen molar-refractivity contribution in [3.8, 4) is 0 Å². The molecule has 2 rings (SSSR count). The topological polar surface area (TPSA) is 55.1 Å². The summed E-state index contributed by atoms with van der Waals surface area (Å²) in [5.74, 6) is -0.0186. The van der Waals surface area contributed by atoms with Crippen molar-refractivity contribution in [2.75, 3.05) is 13.1 Å². The highest BCUT2D eigenvalue weighted by Crippen LogP contribution is 2.27. The van der Waals surface area contributed by atoms with Crippen LogP contribution in [0.25, 0.3) is 0 Å². The Morgan fingerprint density at radius 1 is 1.29 bits per heavy atom. The fraction of sp³-hybridized carbons (Fsp3) is 0.364. The number of hydrogen-bond acceptors (Lipinski definition) is 2. The molecule has 0 aliphatic carbocycles. The predicted octanol–water partition coefficient (Wildman–Crippen LogP) is 0.475. The van der Waals surface area contributed by atoms with Crippen LogP contribution in [-0.4, -0.2) is 19.0 Å². The third-order valence-corrected chi connectivity index (χ3v) is 2.81. The minimum atomic E-state index is -0.205. The zero-order chi connectivity index (χ0) is 9.97. The van der Waals surface area contributed by atoms with Crippen LogP contribution in [0.15, 0.2) is 30.3 Å². The SMILES string of the molecule is NC(=O)C1CNCC1c1ccccc1. The van der Waals surface area contributed by atoms with Crippen LogP contribution in [0, 0.1) is 5.92 Å². The first-order chi connectivity index (χ1) is 6.79. The van der Waals surface area contributed by atoms with Gasteiger partial charge in [0, 0.05) is 19.0 Å². The number of rotatable bonds is 2. The normalized spacial score (nSPS) is 26.3. The molecule has 1 amide bonds. The van der Waals surface area contributed by atoms with Gasteiger partial charge in [-0.2, -0.15) is 0 Å². The molecule has 1 fully saturated rings. The molecule has 1 saturated heterocycles. The lowest BCUT2D eigenvalue weighted by molar-refractivity contribution is -0.121. The minimum absolute atomic E-state index is 0.0580. The summed E-state index contributed by atoms with van der Waals surface area (Å²) in [7, 11) is 0. The van der Waals surface area contributed by atoms with Gasteiger partial charge >= 0.3 is 0 Å². The summed E-state index contributed by atoms with van der Waals surface area (Å²) in [6.07, 6.45) is 0. The van der Waals surface area contributed by atoms with Crippen LogP contribution in [0.1, 0.15) is 11.5 Å². The van der Waals surface area contributed by atoms with E-state index in [1.165, 1.54) is 5.56 Å². The van der Waals surface area contributed by atoms with Gasteiger partial charge in [0.25, 0.3) is 0 Å². The van der Waals surface area contributed by atoms with Crippen LogP contribution in [0.5, 0.6) is 0 Å². The molecule has 14 heavy (non-hydrogen) atoms. The van der Waals surface area contributed by atoms with Crippen molar-refractivity contribution in [3.05, 3.63) is 35.9 Å². The molecule has 0 aromatic heterocycles. The molecule has 3 heteroatoms. The van der Waals surface area contributed by atoms with E-state index >= 15 is 0 Å². The molecule has 1 aromatic carbocycles. The molecule has 3 nitrogen and oxygen atoms in total. The Kier molecular flexibility index (Phi) is 2.50. The molecule has 0 radical (unpaired) electrons. The molecule has 3 N–H and O–H groups in total. The molecular formula is C11H14N2O. The highest BCUT2D eigenvalue weighted by atomic mass is 16.1. The van der Waals surface area contributed by atoms with E-state index < -0.39 is 0 Å². The largest absolute Gasteiger partial charge is 0.369 e. The fourth-order valence-corrected chi connectivity index (χ4v) is 2.03. The molecule has 0 bridgehead atoms. The maximum Gasteiger partial charge on any atom is 0.222 e. The van der Waals surface area contributed by atoms with Crippen molar-refractivity contribution in [2.45, 2.75) is 5.92 Å². The van der Waals surface area contributed by atoms with Crippen molar-refractivity contribution >= 4 is 5.91 Å². The van der Waals surface area contributed by atoms with Crippen LogP contribution in [-0.2, 0) is 4.79 Å². The van der Waals surface area contributed by atoms with Gasteiger partial charge in [0.15, 0.2) is 0 Å². The molecule has 2 unspecified atom stereocenters. The van der Waals surface area contributed by atoms with Crippen molar-refractivity contribution in [1.29, 1.82) is 0 Å². The first-order valence-corrected chi connectivity index (χ1v) is 4.84. The van der Waals surface area contributed by atoms with Crippen LogP contribution < -0.4 is 11.1 Å². The van der Waals surface area contributed by atoms with E-state index in [2.05, 4.69) is 5.32 Å². The number of hydrogen-bond donors (Lipinski definition) is 2. The van der Waals surface area contributed by atoms with Gasteiger partial charge in [-0.1, -0.05) is 30.3 Å². The number of primary amides is 1. The van der Waals surface area contributed by atoms with Gasteiger partial charge in [-0.15, -0.1) is 0 Å². The summed E-state index contributed by atoms with van der Waals surface area (Å²) >= 11 is 0. The van der Waals surface area contributed by atoms with Crippen molar-refractivity contribution < 1.29 is 4.79 Å². The molecule has 74 valence electrons. The number of nitrogens with two attached hydrogens (primary N) is 1. The average molecular weight is 190 g/mol. The lowest BCUT2D eigenvalue weighted by Crippen LogP contribution is -2.28. The van der Waals surface area contributed by atoms with Gasteiger partial charge < -0.3 is 11.1 Å². The Balaban J connectivity index is 2.22. The molecule has 1 aromatic rings. The number of amides is 1. The Hall–Kier alpha value is -1.35. The van der Waals surface area contributed by atoms with E-state index in [0.717, 1.165) is 6.54 Å². The molecule has 1 aliphatic heterocycles. The molecule has 1 heterocycles. The summed E-state index contributed by atoms with van der Waals surface area (Å²) in [4.78, 5) is 11.2. The maximum absolute atomic E-state index is 11.2. The van der Waals surface area contributed by atoms with Gasteiger partial charge in [0.2, 0.25) is 5.91 Å². The van der Waals surface area contributed by atoms with E-state index in [1.54, 1.807) is 0 Å². The molecule has 1 aliphatic rings. The summed E-state index contributed by atoms with van der Waals surface area (Å²) in [5.41, 5.74) is 6.54. The third-order valence-electron chi connectivity index (χ3n) is 2.81. The zero-order valence-corrected chi connectivity index (χ0v) is 7.94. The van der Waals surface area contributed by atoms with Crippen LogP contribution in [0.2, 0.25) is 0 Å². The highest BCUT2D eigenvalue weighted by Gasteiger charge is 2.32. The van der Waals surface area contributed by atoms with Gasteiger partial charge in [-0.25, -0.2) is 0 Å². The Bertz CT molecular complexity index is 323. The highest BCUT2D eigenvalue weighted by molar-refractivity contribution is 5.78. The summed E-state index contributed by atoms with van der Waals surface area (Å²) in [6.45, 7) is 1.55. The van der Waals surface area contributed by atoms with Crippen LogP contribution >= 0.6 is 0 Å². The number of carbonyl (C=O) groups is 1. The van der Waals surface area contributed by atoms with Crippen LogP contribution in [0.4, 0.5) is 0 Å². The quantitative estimate of drug-likeness (QED) is 0.712. The van der Waals surface area contributed by atoms with E-state index in [4.69, 9.17) is 5.73 Å². The zero-order valence-electron chi connectivity index (χ0n) is 7.94. The minimum Gasteiger partial charge on any atom is -0.369 e. The first kappa shape index (κ1) is 9.21. The van der Waals surface area contributed by atoms with E-state index in [1.807, 2.05) is 30.3 Å². The number of nitrogens with one attached hydrogen (secondary N) is 1. The summed E-state index contributed by atoms with van der Waals surface area (Å²) in [5, 5.41) is 3.20. The summed E-state index contributed by atoms with van der Waals surface area (Å²) < 4.78 is 0. The molecular weight excluding hydrogens is 176 g/mol. The van der Waals surface area contributed by atoms with Crippen LogP contribution in [0.3, 0.4) is 0 Å². The Morgan fingerprint density at radius 2 is 2.00 bits per heavy atom. The van der Waals surface area contributed by atoms with Crippen molar-refractivity contribution in [3.63, 3.8) is 0 Å². The Morgan fingerprint density at radius 3 is 2.64 bits per heavy atom. The molecule has 2 atom stereocenters. The van der Waals surface area contributed by atoms with E-state index in [0.29, 0.717) is 6.54 Å². The standard InChI is InChI=1S/C11H14N2O/c12-11(14)10-7-13-6-9(10)8-4-2-1-3-5-8/h1-5,9-10,13H,6-7H2,(H2,12,14). The predicted molar refractivity (Wildman–Crippen MR) is 54.7 cm³/mol. The number of benzene rings is 1. The van der Waals surface area contributed by atoms with Gasteiger partial charge in [0.1, 0.15) is 0 Å². The molecule has 0 spiro atoms. The monoisotopic (exact) mass is 190 g/mol. The lowest BCUT2D eigenvalue weighted by atomic mass is 9.89. The average Bonchev–Trinajstić information content (AvgIpc) is 2.67. The first-order valence-electron chi connectivity index (χ1n) is 4.84. The van der Waals surface area contributed by atoms with Gasteiger partial charge in [0.05, 0.1) is 5.92 Å². The summed E-state index contributed by atoms with van der Waals surface area (Å²) in [6, 6.07) is 10.1. The lowest BCUT2D eigenvalue weighted by Gasteiger charge is -2.15.